The Labute approximate surface area is 242 Å². The topological polar surface area (TPSA) is 204 Å². The number of benzene rings is 1. The van der Waals surface area contributed by atoms with Gasteiger partial charge in [0.1, 0.15) is 0 Å². The number of rotatable bonds is 6. The number of nitrogens with zero attached hydrogens (tertiary/aromatic N) is 7. The van der Waals surface area contributed by atoms with Crippen LogP contribution in [0.1, 0.15) is 29.5 Å². The molecule has 0 bridgehead atoms. The van der Waals surface area contributed by atoms with E-state index in [2.05, 4.69) is 0 Å². The lowest BCUT2D eigenvalue weighted by atomic mass is 9.84. The Kier molecular flexibility index (Phi) is 8.18. The highest BCUT2D eigenvalue weighted by Crippen LogP contribution is 2.42. The smallest absolute Gasteiger partial charge is 0.409 e. The number of nitro benzene ring substituents is 1. The zero-order chi connectivity index (χ0) is 31.9. The molecule has 2 aromatic heterocycles. The number of aromatic nitrogens is 4. The molecule has 0 radical (unpaired) electrons. The highest BCUT2D eigenvalue weighted by molar-refractivity contribution is 5.69. The number of nitro groups is 1. The molecule has 17 nitrogen and oxygen atoms in total. The van der Waals surface area contributed by atoms with Crippen molar-refractivity contribution >= 4 is 17.5 Å². The molecule has 43 heavy (non-hydrogen) atoms. The largest absolute Gasteiger partial charge is 0.494 e. The van der Waals surface area contributed by atoms with Crippen LogP contribution in [-0.2, 0) is 32.9 Å². The van der Waals surface area contributed by atoms with E-state index in [0.29, 0.717) is 9.13 Å². The van der Waals surface area contributed by atoms with Gasteiger partial charge in [-0.2, -0.15) is 0 Å². The van der Waals surface area contributed by atoms with Crippen LogP contribution in [0.15, 0.2) is 37.4 Å². The summed E-state index contributed by atoms with van der Waals surface area (Å²) in [7, 11) is 4.65. The monoisotopic (exact) mass is 601 g/mol. The number of anilines is 1. The van der Waals surface area contributed by atoms with Gasteiger partial charge in [-0.3, -0.25) is 38.0 Å². The van der Waals surface area contributed by atoms with E-state index in [-0.39, 0.29) is 44.0 Å². The normalized spacial score (nSPS) is 13.4. The van der Waals surface area contributed by atoms with E-state index in [9.17, 15) is 44.3 Å². The molecule has 1 saturated heterocycles. The van der Waals surface area contributed by atoms with Crippen LogP contribution in [-0.4, -0.2) is 77.2 Å². The molecule has 4 rings (SSSR count). The second kappa shape index (κ2) is 11.5. The molecule has 3 heterocycles. The number of amides is 1. The predicted octanol–water partition coefficient (Wildman–Crippen LogP) is -0.740. The molecule has 3 aromatic rings. The van der Waals surface area contributed by atoms with Crippen molar-refractivity contribution in [1.29, 1.82) is 0 Å². The number of non-ortho nitro benzene ring substituents is 1. The third kappa shape index (κ3) is 5.13. The molecule has 230 valence electrons. The first-order chi connectivity index (χ1) is 20.2. The fraction of sp³-hybridized carbons (Fsp3) is 0.423. The van der Waals surface area contributed by atoms with Crippen molar-refractivity contribution in [3.05, 3.63) is 86.7 Å². The van der Waals surface area contributed by atoms with Crippen LogP contribution in [0.25, 0.3) is 0 Å². The molecule has 1 aliphatic rings. The summed E-state index contributed by atoms with van der Waals surface area (Å²) in [6, 6.07) is 3.71. The first-order valence-corrected chi connectivity index (χ1v) is 13.2. The van der Waals surface area contributed by atoms with Gasteiger partial charge in [-0.15, -0.1) is 0 Å². The van der Waals surface area contributed by atoms with Crippen molar-refractivity contribution in [2.45, 2.75) is 12.8 Å². The van der Waals surface area contributed by atoms with Crippen molar-refractivity contribution in [2.75, 3.05) is 37.7 Å². The Morgan fingerprint density at radius 1 is 0.884 bits per heavy atom. The number of carbonyl (C=O) groups is 1. The summed E-state index contributed by atoms with van der Waals surface area (Å²) in [5.74, 6) is -3.40. The highest BCUT2D eigenvalue weighted by atomic mass is 16.6. The summed E-state index contributed by atoms with van der Waals surface area (Å²) in [5, 5.41) is 34.2. The molecular formula is C26H31N7O10. The maximum Gasteiger partial charge on any atom is 0.409 e. The number of carbonyl (C=O) groups excluding carboxylic acids is 1. The van der Waals surface area contributed by atoms with E-state index in [1.54, 1.807) is 11.8 Å². The van der Waals surface area contributed by atoms with Crippen LogP contribution in [0.3, 0.4) is 0 Å². The zero-order valence-corrected chi connectivity index (χ0v) is 24.1. The van der Waals surface area contributed by atoms with Gasteiger partial charge in [0.05, 0.1) is 28.6 Å². The third-order valence-electron chi connectivity index (χ3n) is 7.59. The predicted molar refractivity (Wildman–Crippen MR) is 152 cm³/mol. The molecule has 0 aliphatic carbocycles. The maximum atomic E-state index is 13.6. The van der Waals surface area contributed by atoms with Crippen LogP contribution < -0.4 is 27.4 Å². The third-order valence-corrected chi connectivity index (χ3v) is 7.59. The van der Waals surface area contributed by atoms with Gasteiger partial charge in [-0.25, -0.2) is 14.4 Å². The highest BCUT2D eigenvalue weighted by Gasteiger charge is 2.37. The van der Waals surface area contributed by atoms with E-state index < -0.39 is 68.0 Å². The van der Waals surface area contributed by atoms with Gasteiger partial charge in [-0.05, 0) is 18.6 Å². The molecule has 0 atom stereocenters. The SMILES string of the molecule is CCOC(=O)N1CCN(c2ccc([N+](=O)[O-])cc2C(c2c(O)n(C)c(=O)n(C)c2=O)c2c(O)n(C)c(=O)n(C)c2=O)CC1. The minimum absolute atomic E-state index is 0.0455. The van der Waals surface area contributed by atoms with Gasteiger partial charge >= 0.3 is 17.5 Å². The van der Waals surface area contributed by atoms with Crippen molar-refractivity contribution in [3.8, 4) is 11.8 Å². The first kappa shape index (κ1) is 30.6. The second-order valence-electron chi connectivity index (χ2n) is 9.99. The Bertz CT molecular complexity index is 1780. The van der Waals surface area contributed by atoms with E-state index in [1.807, 2.05) is 0 Å². The fourth-order valence-corrected chi connectivity index (χ4v) is 5.20. The fourth-order valence-electron chi connectivity index (χ4n) is 5.20. The lowest BCUT2D eigenvalue weighted by Gasteiger charge is -2.37. The summed E-state index contributed by atoms with van der Waals surface area (Å²) in [4.78, 5) is 79.2. The molecule has 1 aromatic carbocycles. The number of aromatic hydroxyl groups is 2. The average Bonchev–Trinajstić information content (AvgIpc) is 3.00. The Balaban J connectivity index is 2.09. The lowest BCUT2D eigenvalue weighted by Crippen LogP contribution is -2.49. The van der Waals surface area contributed by atoms with Crippen LogP contribution in [0.4, 0.5) is 16.2 Å². The molecule has 0 spiro atoms. The second-order valence-corrected chi connectivity index (χ2v) is 9.99. The van der Waals surface area contributed by atoms with Crippen LogP contribution in [0, 0.1) is 10.1 Å². The van der Waals surface area contributed by atoms with Crippen LogP contribution in [0.2, 0.25) is 0 Å². The van der Waals surface area contributed by atoms with Gasteiger partial charge in [0.2, 0.25) is 11.8 Å². The van der Waals surface area contributed by atoms with Crippen LogP contribution in [0.5, 0.6) is 11.8 Å². The van der Waals surface area contributed by atoms with E-state index >= 15 is 0 Å². The molecule has 17 heteroatoms. The van der Waals surface area contributed by atoms with Crippen molar-refractivity contribution in [2.24, 2.45) is 28.2 Å². The summed E-state index contributed by atoms with van der Waals surface area (Å²) < 4.78 is 7.93. The van der Waals surface area contributed by atoms with E-state index in [4.69, 9.17) is 4.74 Å². The first-order valence-electron chi connectivity index (χ1n) is 13.2. The summed E-state index contributed by atoms with van der Waals surface area (Å²) >= 11 is 0. The van der Waals surface area contributed by atoms with Gasteiger partial charge in [0.15, 0.2) is 0 Å². The number of hydrogen-bond donors (Lipinski definition) is 2. The molecule has 2 N–H and O–H groups in total. The van der Waals surface area contributed by atoms with Crippen molar-refractivity contribution < 1.29 is 24.7 Å². The van der Waals surface area contributed by atoms with Gasteiger partial charge in [0.25, 0.3) is 16.8 Å². The number of hydrogen-bond acceptors (Lipinski definition) is 11. The molecule has 1 aliphatic heterocycles. The van der Waals surface area contributed by atoms with Gasteiger partial charge in [-0.1, -0.05) is 0 Å². The summed E-state index contributed by atoms with van der Waals surface area (Å²) in [6.45, 7) is 2.70. The minimum atomic E-state index is -1.70. The Morgan fingerprint density at radius 2 is 1.37 bits per heavy atom. The molecule has 1 fully saturated rings. The van der Waals surface area contributed by atoms with E-state index in [1.165, 1.54) is 31.1 Å². The minimum Gasteiger partial charge on any atom is -0.494 e. The van der Waals surface area contributed by atoms with Gasteiger partial charge < -0.3 is 24.7 Å². The number of piperazine rings is 1. The maximum absolute atomic E-state index is 13.6. The summed E-state index contributed by atoms with van der Waals surface area (Å²) in [5.41, 5.74) is -5.13. The van der Waals surface area contributed by atoms with Gasteiger partial charge in [0, 0.05) is 72.2 Å². The standard InChI is InChI=1S/C26H31N7O10/c1-6-43-26(40)32-11-9-31(10-12-32)16-8-7-14(33(41)42)13-15(16)17(18-20(34)27(2)24(38)28(3)21(18)35)19-22(36)29(4)25(39)30(5)23(19)37/h7-8,13,17,34,36H,6,9-12H2,1-5H3. The zero-order valence-electron chi connectivity index (χ0n) is 24.1. The lowest BCUT2D eigenvalue weighted by molar-refractivity contribution is -0.384. The van der Waals surface area contributed by atoms with Crippen molar-refractivity contribution in [1.82, 2.24) is 23.2 Å². The summed E-state index contributed by atoms with van der Waals surface area (Å²) in [6.07, 6.45) is -0.513. The Morgan fingerprint density at radius 3 is 1.81 bits per heavy atom. The van der Waals surface area contributed by atoms with Crippen molar-refractivity contribution in [3.63, 3.8) is 0 Å². The van der Waals surface area contributed by atoms with Crippen LogP contribution >= 0.6 is 0 Å². The molecular weight excluding hydrogens is 570 g/mol. The Hall–Kier alpha value is -5.35. The molecule has 0 saturated carbocycles. The molecule has 0 unspecified atom stereocenters. The average molecular weight is 602 g/mol. The molecule has 1 amide bonds. The number of ether oxygens (including phenoxy) is 1. The van der Waals surface area contributed by atoms with E-state index in [0.717, 1.165) is 29.3 Å². The quantitative estimate of drug-likeness (QED) is 0.266.